The van der Waals surface area contributed by atoms with E-state index < -0.39 is 11.9 Å². The third kappa shape index (κ3) is 4.43. The minimum atomic E-state index is -0.869. The molecule has 0 radical (unpaired) electrons. The van der Waals surface area contributed by atoms with Gasteiger partial charge in [0.2, 0.25) is 0 Å². The second-order valence-corrected chi connectivity index (χ2v) is 4.12. The molecule has 0 bridgehead atoms. The van der Waals surface area contributed by atoms with Crippen molar-refractivity contribution < 1.29 is 23.8 Å². The Bertz CT molecular complexity index is 393. The molecule has 0 amide bonds. The number of aliphatic hydroxyl groups is 1. The van der Waals surface area contributed by atoms with Gasteiger partial charge in [0.15, 0.2) is 17.9 Å². The van der Waals surface area contributed by atoms with Gasteiger partial charge in [-0.2, -0.15) is 0 Å². The first-order valence-corrected chi connectivity index (χ1v) is 5.70. The van der Waals surface area contributed by atoms with Crippen LogP contribution in [-0.4, -0.2) is 36.8 Å². The summed E-state index contributed by atoms with van der Waals surface area (Å²) in [6.07, 6.45) is -0.361. The first kappa shape index (κ1) is 14.6. The molecular formula is C13H17FO4. The van der Waals surface area contributed by atoms with E-state index in [-0.39, 0.29) is 30.6 Å². The molecule has 0 heterocycles. The number of hydrogen-bond acceptors (Lipinski definition) is 4. The normalized spacial score (nSPS) is 12.5. The number of carbonyl (C=O) groups is 1. The highest BCUT2D eigenvalue weighted by atomic mass is 19.1. The molecule has 1 N–H and O–H groups in total. The molecule has 18 heavy (non-hydrogen) atoms. The predicted molar refractivity (Wildman–Crippen MR) is 64.4 cm³/mol. The fourth-order valence-corrected chi connectivity index (χ4v) is 1.30. The minimum Gasteiger partial charge on any atom is -0.487 e. The van der Waals surface area contributed by atoms with E-state index in [2.05, 4.69) is 0 Å². The molecule has 100 valence electrons. The number of halogens is 1. The zero-order valence-electron chi connectivity index (χ0n) is 10.4. The molecule has 0 aliphatic carbocycles. The van der Waals surface area contributed by atoms with Crippen LogP contribution in [0, 0.1) is 5.82 Å². The van der Waals surface area contributed by atoms with Gasteiger partial charge in [-0.25, -0.2) is 4.39 Å². The van der Waals surface area contributed by atoms with E-state index in [9.17, 15) is 14.3 Å². The molecule has 1 rings (SSSR count). The summed E-state index contributed by atoms with van der Waals surface area (Å²) in [7, 11) is 0. The molecule has 0 aromatic heterocycles. The number of para-hydroxylation sites is 1. The van der Waals surface area contributed by atoms with E-state index in [1.54, 1.807) is 0 Å². The highest BCUT2D eigenvalue weighted by molar-refractivity contribution is 5.79. The molecule has 1 aromatic rings. The van der Waals surface area contributed by atoms with Crippen LogP contribution in [0.3, 0.4) is 0 Å². The molecule has 0 spiro atoms. The van der Waals surface area contributed by atoms with Crippen LogP contribution in [-0.2, 0) is 4.74 Å². The van der Waals surface area contributed by atoms with E-state index in [0.717, 1.165) is 0 Å². The Morgan fingerprint density at radius 3 is 2.72 bits per heavy atom. The maximum Gasteiger partial charge on any atom is 0.165 e. The van der Waals surface area contributed by atoms with Crippen molar-refractivity contribution in [3.8, 4) is 5.75 Å². The largest absolute Gasteiger partial charge is 0.487 e. The van der Waals surface area contributed by atoms with Gasteiger partial charge in [0.05, 0.1) is 18.3 Å². The summed E-state index contributed by atoms with van der Waals surface area (Å²) in [6.45, 7) is 3.65. The van der Waals surface area contributed by atoms with E-state index in [0.29, 0.717) is 6.29 Å². The van der Waals surface area contributed by atoms with Gasteiger partial charge < -0.3 is 14.6 Å². The average Bonchev–Trinajstić information content (AvgIpc) is 2.34. The van der Waals surface area contributed by atoms with Gasteiger partial charge in [-0.3, -0.25) is 4.79 Å². The third-order valence-corrected chi connectivity index (χ3v) is 2.17. The lowest BCUT2D eigenvalue weighted by Crippen LogP contribution is -2.25. The number of hydrogen-bond donors (Lipinski definition) is 1. The average molecular weight is 256 g/mol. The molecule has 0 fully saturated rings. The number of aliphatic hydroxyl groups excluding tert-OH is 1. The number of aldehydes is 1. The van der Waals surface area contributed by atoms with Gasteiger partial charge >= 0.3 is 0 Å². The zero-order valence-corrected chi connectivity index (χ0v) is 10.4. The van der Waals surface area contributed by atoms with Crippen molar-refractivity contribution >= 4 is 6.29 Å². The predicted octanol–water partition coefficient (Wildman–Crippen LogP) is 1.80. The van der Waals surface area contributed by atoms with Crippen LogP contribution < -0.4 is 4.74 Å². The maximum atomic E-state index is 13.4. The first-order valence-electron chi connectivity index (χ1n) is 5.70. The molecule has 4 nitrogen and oxygen atoms in total. The smallest absolute Gasteiger partial charge is 0.165 e. The molecule has 1 unspecified atom stereocenters. The van der Waals surface area contributed by atoms with Crippen molar-refractivity contribution in [3.05, 3.63) is 29.6 Å². The fourth-order valence-electron chi connectivity index (χ4n) is 1.30. The van der Waals surface area contributed by atoms with Crippen molar-refractivity contribution in [2.45, 2.75) is 26.1 Å². The Morgan fingerprint density at radius 2 is 2.11 bits per heavy atom. The highest BCUT2D eigenvalue weighted by Gasteiger charge is 2.12. The standard InChI is InChI=1S/C13H17FO4/c1-9(2)17-7-11(16)8-18-13-10(6-15)4-3-5-12(13)14/h3-6,9,11,16H,7-8H2,1-2H3. The lowest BCUT2D eigenvalue weighted by atomic mass is 10.2. The highest BCUT2D eigenvalue weighted by Crippen LogP contribution is 2.21. The van der Waals surface area contributed by atoms with E-state index in [1.807, 2.05) is 13.8 Å². The molecule has 0 aliphatic rings. The van der Waals surface area contributed by atoms with Crippen molar-refractivity contribution in [1.82, 2.24) is 0 Å². The third-order valence-electron chi connectivity index (χ3n) is 2.17. The summed E-state index contributed by atoms with van der Waals surface area (Å²) in [5.41, 5.74) is 0.118. The number of rotatable bonds is 7. The Balaban J connectivity index is 2.55. The Hall–Kier alpha value is -1.46. The van der Waals surface area contributed by atoms with E-state index in [4.69, 9.17) is 9.47 Å². The number of ether oxygens (including phenoxy) is 2. The second kappa shape index (κ2) is 7.08. The van der Waals surface area contributed by atoms with Crippen LogP contribution in [0.25, 0.3) is 0 Å². The molecule has 0 saturated carbocycles. The van der Waals surface area contributed by atoms with Crippen LogP contribution in [0.2, 0.25) is 0 Å². The zero-order chi connectivity index (χ0) is 13.5. The van der Waals surface area contributed by atoms with Crippen molar-refractivity contribution in [3.63, 3.8) is 0 Å². The monoisotopic (exact) mass is 256 g/mol. The summed E-state index contributed by atoms with van der Waals surface area (Å²) in [6, 6.07) is 4.06. The summed E-state index contributed by atoms with van der Waals surface area (Å²) in [5.74, 6) is -0.771. The van der Waals surface area contributed by atoms with Crippen molar-refractivity contribution in [1.29, 1.82) is 0 Å². The Kier molecular flexibility index (Phi) is 5.74. The van der Waals surface area contributed by atoms with Crippen LogP contribution in [0.5, 0.6) is 5.75 Å². The van der Waals surface area contributed by atoms with Crippen LogP contribution in [0.15, 0.2) is 18.2 Å². The topological polar surface area (TPSA) is 55.8 Å². The van der Waals surface area contributed by atoms with Gasteiger partial charge in [-0.15, -0.1) is 0 Å². The van der Waals surface area contributed by atoms with Gasteiger partial charge in [-0.05, 0) is 26.0 Å². The molecule has 5 heteroatoms. The number of carbonyl (C=O) groups excluding carboxylic acids is 1. The summed E-state index contributed by atoms with van der Waals surface area (Å²) in [4.78, 5) is 10.7. The number of benzene rings is 1. The van der Waals surface area contributed by atoms with Crippen molar-refractivity contribution in [2.75, 3.05) is 13.2 Å². The minimum absolute atomic E-state index is 0.00125. The molecule has 0 aliphatic heterocycles. The van der Waals surface area contributed by atoms with Crippen LogP contribution >= 0.6 is 0 Å². The lowest BCUT2D eigenvalue weighted by molar-refractivity contribution is -0.0128. The molecule has 1 aromatic carbocycles. The fraction of sp³-hybridized carbons (Fsp3) is 0.462. The van der Waals surface area contributed by atoms with E-state index >= 15 is 0 Å². The molecule has 1 atom stereocenters. The summed E-state index contributed by atoms with van der Waals surface area (Å²) < 4.78 is 23.7. The Labute approximate surface area is 105 Å². The Morgan fingerprint density at radius 1 is 1.39 bits per heavy atom. The first-order chi connectivity index (χ1) is 8.54. The summed E-state index contributed by atoms with van der Waals surface area (Å²) in [5, 5.41) is 9.55. The van der Waals surface area contributed by atoms with Gasteiger partial charge in [0, 0.05) is 0 Å². The van der Waals surface area contributed by atoms with Gasteiger partial charge in [0.1, 0.15) is 12.7 Å². The molecule has 0 saturated heterocycles. The molecular weight excluding hydrogens is 239 g/mol. The SMILES string of the molecule is CC(C)OCC(O)COc1c(F)cccc1C=O. The second-order valence-electron chi connectivity index (χ2n) is 4.12. The van der Waals surface area contributed by atoms with Crippen LogP contribution in [0.4, 0.5) is 4.39 Å². The van der Waals surface area contributed by atoms with Crippen LogP contribution in [0.1, 0.15) is 24.2 Å². The summed E-state index contributed by atoms with van der Waals surface area (Å²) >= 11 is 0. The lowest BCUT2D eigenvalue weighted by Gasteiger charge is -2.15. The van der Waals surface area contributed by atoms with Gasteiger partial charge in [0.25, 0.3) is 0 Å². The van der Waals surface area contributed by atoms with Gasteiger partial charge in [-0.1, -0.05) is 6.07 Å². The maximum absolute atomic E-state index is 13.4. The van der Waals surface area contributed by atoms with Crippen molar-refractivity contribution in [2.24, 2.45) is 0 Å². The van der Waals surface area contributed by atoms with E-state index in [1.165, 1.54) is 18.2 Å². The quantitative estimate of drug-likeness (QED) is 0.756.